The van der Waals surface area contributed by atoms with Gasteiger partial charge in [0.1, 0.15) is 5.54 Å². The highest BCUT2D eigenvalue weighted by molar-refractivity contribution is 6.31. The van der Waals surface area contributed by atoms with Crippen LogP contribution < -0.4 is 5.73 Å². The maximum atomic E-state index is 11.9. The number of carbonyl (C=O) groups excluding carboxylic acids is 1. The molecule has 0 heterocycles. The Morgan fingerprint density at radius 1 is 1.44 bits per heavy atom. The summed E-state index contributed by atoms with van der Waals surface area (Å²) in [6.45, 7) is 0. The van der Waals surface area contributed by atoms with E-state index in [4.69, 9.17) is 17.3 Å². The van der Waals surface area contributed by atoms with Gasteiger partial charge in [0.15, 0.2) is 5.78 Å². The molecule has 0 unspecified atom stereocenters. The Morgan fingerprint density at radius 2 is 2.12 bits per heavy atom. The summed E-state index contributed by atoms with van der Waals surface area (Å²) in [6, 6.07) is 7.12. The highest BCUT2D eigenvalue weighted by Crippen LogP contribution is 2.35. The molecule has 3 nitrogen and oxygen atoms in total. The first-order chi connectivity index (χ1) is 7.54. The molecule has 0 aliphatic heterocycles. The van der Waals surface area contributed by atoms with E-state index in [1.54, 1.807) is 18.2 Å². The molecule has 86 valence electrons. The van der Waals surface area contributed by atoms with Crippen LogP contribution in [-0.2, 0) is 10.3 Å². The van der Waals surface area contributed by atoms with Gasteiger partial charge in [-0.2, -0.15) is 0 Å². The van der Waals surface area contributed by atoms with E-state index in [2.05, 4.69) is 0 Å². The van der Waals surface area contributed by atoms with Crippen LogP contribution in [0.2, 0.25) is 5.02 Å². The average Bonchev–Trinajstić information content (AvgIpc) is 2.25. The summed E-state index contributed by atoms with van der Waals surface area (Å²) in [4.78, 5) is 11.9. The van der Waals surface area contributed by atoms with E-state index in [1.807, 2.05) is 6.07 Å². The minimum Gasteiger partial charge on any atom is -0.393 e. The molecule has 1 fully saturated rings. The Hall–Kier alpha value is -0.900. The molecule has 4 heteroatoms. The highest BCUT2D eigenvalue weighted by Gasteiger charge is 2.41. The first-order valence-corrected chi connectivity index (χ1v) is 5.67. The van der Waals surface area contributed by atoms with Gasteiger partial charge in [-0.25, -0.2) is 0 Å². The fourth-order valence-corrected chi connectivity index (χ4v) is 2.44. The van der Waals surface area contributed by atoms with E-state index in [1.165, 1.54) is 0 Å². The molecule has 0 bridgehead atoms. The van der Waals surface area contributed by atoms with E-state index in [0.717, 1.165) is 0 Å². The third-order valence-electron chi connectivity index (χ3n) is 3.14. The van der Waals surface area contributed by atoms with Gasteiger partial charge in [0.25, 0.3) is 0 Å². The van der Waals surface area contributed by atoms with Crippen molar-refractivity contribution in [2.24, 2.45) is 5.73 Å². The van der Waals surface area contributed by atoms with Crippen molar-refractivity contribution in [1.29, 1.82) is 0 Å². The SMILES string of the molecule is N[C@]1(c2ccccc2Cl)CC[C@H](O)CC1=O. The summed E-state index contributed by atoms with van der Waals surface area (Å²) in [6.07, 6.45) is 0.526. The molecule has 2 atom stereocenters. The van der Waals surface area contributed by atoms with E-state index in [0.29, 0.717) is 23.4 Å². The predicted octanol–water partition coefficient (Wildman–Crippen LogP) is 1.61. The van der Waals surface area contributed by atoms with Crippen molar-refractivity contribution in [2.45, 2.75) is 30.9 Å². The van der Waals surface area contributed by atoms with Crippen molar-refractivity contribution in [2.75, 3.05) is 0 Å². The summed E-state index contributed by atoms with van der Waals surface area (Å²) in [5.74, 6) is -0.139. The molecular weight excluding hydrogens is 226 g/mol. The van der Waals surface area contributed by atoms with Crippen LogP contribution in [0.1, 0.15) is 24.8 Å². The van der Waals surface area contributed by atoms with Gasteiger partial charge in [-0.15, -0.1) is 0 Å². The Morgan fingerprint density at radius 3 is 2.75 bits per heavy atom. The summed E-state index contributed by atoms with van der Waals surface area (Å²) >= 11 is 6.05. The van der Waals surface area contributed by atoms with Crippen LogP contribution in [0, 0.1) is 0 Å². The van der Waals surface area contributed by atoms with E-state index >= 15 is 0 Å². The van der Waals surface area contributed by atoms with Gasteiger partial charge in [-0.3, -0.25) is 4.79 Å². The maximum absolute atomic E-state index is 11.9. The topological polar surface area (TPSA) is 63.3 Å². The Kier molecular flexibility index (Phi) is 3.02. The Bertz CT molecular complexity index is 421. The fraction of sp³-hybridized carbons (Fsp3) is 0.417. The second kappa shape index (κ2) is 4.17. The molecule has 1 saturated carbocycles. The lowest BCUT2D eigenvalue weighted by Crippen LogP contribution is -2.49. The predicted molar refractivity (Wildman–Crippen MR) is 62.2 cm³/mol. The summed E-state index contributed by atoms with van der Waals surface area (Å²) in [5, 5.41) is 9.93. The number of benzene rings is 1. The zero-order chi connectivity index (χ0) is 11.8. The minimum absolute atomic E-state index is 0.113. The number of ketones is 1. The summed E-state index contributed by atoms with van der Waals surface area (Å²) in [7, 11) is 0. The van der Waals surface area contributed by atoms with Gasteiger partial charge >= 0.3 is 0 Å². The van der Waals surface area contributed by atoms with E-state index in [-0.39, 0.29) is 12.2 Å². The Labute approximate surface area is 99.2 Å². The first-order valence-electron chi connectivity index (χ1n) is 5.29. The van der Waals surface area contributed by atoms with Crippen molar-refractivity contribution in [1.82, 2.24) is 0 Å². The van der Waals surface area contributed by atoms with Gasteiger partial charge in [0.05, 0.1) is 6.10 Å². The van der Waals surface area contributed by atoms with Crippen LogP contribution in [0.15, 0.2) is 24.3 Å². The third kappa shape index (κ3) is 1.86. The number of aliphatic hydroxyl groups is 1. The zero-order valence-electron chi connectivity index (χ0n) is 8.82. The van der Waals surface area contributed by atoms with Crippen LogP contribution >= 0.6 is 11.6 Å². The molecule has 0 saturated heterocycles. The molecule has 0 amide bonds. The molecule has 16 heavy (non-hydrogen) atoms. The number of hydrogen-bond acceptors (Lipinski definition) is 3. The standard InChI is InChI=1S/C12H14ClNO2/c13-10-4-2-1-3-9(10)12(14)6-5-8(15)7-11(12)16/h1-4,8,15H,5-7,14H2/t8-,12-/m0/s1. The normalized spacial score (nSPS) is 30.4. The van der Waals surface area contributed by atoms with Crippen molar-refractivity contribution in [3.63, 3.8) is 0 Å². The number of halogens is 1. The molecule has 3 N–H and O–H groups in total. The quantitative estimate of drug-likeness (QED) is 0.783. The average molecular weight is 240 g/mol. The lowest BCUT2D eigenvalue weighted by Gasteiger charge is -2.34. The smallest absolute Gasteiger partial charge is 0.159 e. The van der Waals surface area contributed by atoms with Gasteiger partial charge in [-0.05, 0) is 24.5 Å². The molecule has 0 radical (unpaired) electrons. The van der Waals surface area contributed by atoms with Crippen LogP contribution in [0.4, 0.5) is 0 Å². The van der Waals surface area contributed by atoms with Gasteiger partial charge < -0.3 is 10.8 Å². The van der Waals surface area contributed by atoms with E-state index < -0.39 is 11.6 Å². The second-order valence-electron chi connectivity index (χ2n) is 4.27. The lowest BCUT2D eigenvalue weighted by molar-refractivity contribution is -0.129. The molecule has 0 aromatic heterocycles. The van der Waals surface area contributed by atoms with Crippen LogP contribution in [0.3, 0.4) is 0 Å². The largest absolute Gasteiger partial charge is 0.393 e. The fourth-order valence-electron chi connectivity index (χ4n) is 2.14. The lowest BCUT2D eigenvalue weighted by atomic mass is 9.75. The molecule has 1 aromatic rings. The van der Waals surface area contributed by atoms with Crippen LogP contribution in [0.5, 0.6) is 0 Å². The van der Waals surface area contributed by atoms with Crippen LogP contribution in [0.25, 0.3) is 0 Å². The molecular formula is C12H14ClNO2. The highest BCUT2D eigenvalue weighted by atomic mass is 35.5. The number of hydrogen-bond donors (Lipinski definition) is 2. The van der Waals surface area contributed by atoms with Gasteiger partial charge in [0, 0.05) is 11.4 Å². The van der Waals surface area contributed by atoms with Gasteiger partial charge in [-0.1, -0.05) is 29.8 Å². The second-order valence-corrected chi connectivity index (χ2v) is 4.68. The minimum atomic E-state index is -1.03. The molecule has 1 aromatic carbocycles. The zero-order valence-corrected chi connectivity index (χ0v) is 9.57. The number of carbonyl (C=O) groups is 1. The van der Waals surface area contributed by atoms with Gasteiger partial charge in [0.2, 0.25) is 0 Å². The number of Topliss-reactive ketones (excluding diaryl/α,β-unsaturated/α-hetero) is 1. The number of nitrogens with two attached hydrogens (primary N) is 1. The molecule has 1 aliphatic rings. The number of aliphatic hydroxyl groups excluding tert-OH is 1. The Balaban J connectivity index is 2.39. The number of rotatable bonds is 1. The van der Waals surface area contributed by atoms with Crippen molar-refractivity contribution in [3.05, 3.63) is 34.9 Å². The van der Waals surface area contributed by atoms with Crippen molar-refractivity contribution >= 4 is 17.4 Å². The molecule has 0 spiro atoms. The molecule has 1 aliphatic carbocycles. The summed E-state index contributed by atoms with van der Waals surface area (Å²) in [5.41, 5.74) is 5.77. The van der Waals surface area contributed by atoms with Crippen molar-refractivity contribution < 1.29 is 9.90 Å². The van der Waals surface area contributed by atoms with E-state index in [9.17, 15) is 9.90 Å². The summed E-state index contributed by atoms with van der Waals surface area (Å²) < 4.78 is 0. The van der Waals surface area contributed by atoms with Crippen LogP contribution in [-0.4, -0.2) is 17.0 Å². The van der Waals surface area contributed by atoms with Crippen molar-refractivity contribution in [3.8, 4) is 0 Å². The third-order valence-corrected chi connectivity index (χ3v) is 3.47. The monoisotopic (exact) mass is 239 g/mol. The maximum Gasteiger partial charge on any atom is 0.159 e. The first kappa shape index (κ1) is 11.6. The molecule has 2 rings (SSSR count).